The smallest absolute Gasteiger partial charge is 0.118 e. The van der Waals surface area contributed by atoms with Crippen molar-refractivity contribution in [2.45, 2.75) is 58.3 Å². The van der Waals surface area contributed by atoms with Gasteiger partial charge in [-0.15, -0.1) is 0 Å². The number of ether oxygens (including phenoxy) is 1. The van der Waals surface area contributed by atoms with Gasteiger partial charge < -0.3 is 4.74 Å². The second-order valence-corrected chi connectivity index (χ2v) is 6.24. The zero-order chi connectivity index (χ0) is 16.5. The van der Waals surface area contributed by atoms with Crippen LogP contribution in [-0.2, 0) is 6.42 Å². The highest BCUT2D eigenvalue weighted by atomic mass is 16.5. The molecule has 124 valence electrons. The van der Waals surface area contributed by atoms with Gasteiger partial charge in [0.2, 0.25) is 0 Å². The molecule has 0 bridgehead atoms. The molecule has 0 saturated carbocycles. The lowest BCUT2D eigenvalue weighted by Gasteiger charge is -2.13. The van der Waals surface area contributed by atoms with Crippen LogP contribution in [0.2, 0.25) is 0 Å². The Balaban J connectivity index is 1.90. The normalized spacial score (nSPS) is 12.1. The first-order chi connectivity index (χ1) is 11.2. The van der Waals surface area contributed by atoms with Gasteiger partial charge in [-0.1, -0.05) is 57.7 Å². The highest BCUT2D eigenvalue weighted by Crippen LogP contribution is 2.25. The van der Waals surface area contributed by atoms with Crippen LogP contribution >= 0.6 is 0 Å². The van der Waals surface area contributed by atoms with E-state index in [4.69, 9.17) is 4.74 Å². The summed E-state index contributed by atoms with van der Waals surface area (Å²) in [7, 11) is 1.70. The summed E-state index contributed by atoms with van der Waals surface area (Å²) in [5.41, 5.74) is 3.77. The van der Waals surface area contributed by atoms with Crippen LogP contribution in [0.1, 0.15) is 68.7 Å². The van der Waals surface area contributed by atoms with Crippen molar-refractivity contribution < 1.29 is 4.74 Å². The maximum Gasteiger partial charge on any atom is 0.118 e. The van der Waals surface area contributed by atoms with Crippen molar-refractivity contribution in [3.8, 4) is 5.75 Å². The second-order valence-electron chi connectivity index (χ2n) is 6.24. The maximum absolute atomic E-state index is 5.22. The molecule has 0 radical (unpaired) electrons. The summed E-state index contributed by atoms with van der Waals surface area (Å²) in [6.07, 6.45) is 9.71. The van der Waals surface area contributed by atoms with Crippen LogP contribution in [0.25, 0.3) is 0 Å². The van der Waals surface area contributed by atoms with Crippen molar-refractivity contribution in [2.24, 2.45) is 0 Å². The number of methoxy groups -OCH3 is 1. The Bertz CT molecular complexity index is 559. The number of rotatable bonds is 9. The molecule has 0 aliphatic rings. The van der Waals surface area contributed by atoms with Gasteiger partial charge in [0.25, 0.3) is 0 Å². The van der Waals surface area contributed by atoms with Crippen LogP contribution in [-0.4, -0.2) is 12.1 Å². The van der Waals surface area contributed by atoms with E-state index in [-0.39, 0.29) is 0 Å². The zero-order valence-electron chi connectivity index (χ0n) is 14.7. The second kappa shape index (κ2) is 9.34. The van der Waals surface area contributed by atoms with E-state index in [2.05, 4.69) is 43.1 Å². The molecule has 1 atom stereocenters. The van der Waals surface area contributed by atoms with Crippen molar-refractivity contribution in [3.63, 3.8) is 0 Å². The summed E-state index contributed by atoms with van der Waals surface area (Å²) < 4.78 is 5.22. The Hall–Kier alpha value is -1.83. The van der Waals surface area contributed by atoms with Gasteiger partial charge in [0.1, 0.15) is 5.75 Å². The van der Waals surface area contributed by atoms with Gasteiger partial charge in [-0.2, -0.15) is 0 Å². The number of hydrogen-bond acceptors (Lipinski definition) is 2. The predicted molar refractivity (Wildman–Crippen MR) is 97.2 cm³/mol. The van der Waals surface area contributed by atoms with Crippen LogP contribution in [0.3, 0.4) is 0 Å². The van der Waals surface area contributed by atoms with Crippen molar-refractivity contribution >= 4 is 0 Å². The van der Waals surface area contributed by atoms with Gasteiger partial charge in [-0.05, 0) is 42.2 Å². The summed E-state index contributed by atoms with van der Waals surface area (Å²) in [4.78, 5) is 4.65. The lowest BCUT2D eigenvalue weighted by molar-refractivity contribution is 0.414. The Morgan fingerprint density at radius 3 is 2.22 bits per heavy atom. The van der Waals surface area contributed by atoms with E-state index in [0.717, 1.165) is 12.2 Å². The first-order valence-corrected chi connectivity index (χ1v) is 8.83. The van der Waals surface area contributed by atoms with Crippen LogP contribution in [0.15, 0.2) is 42.6 Å². The fourth-order valence-electron chi connectivity index (χ4n) is 2.83. The third kappa shape index (κ3) is 5.38. The molecule has 1 heterocycles. The molecule has 0 N–H and O–H groups in total. The van der Waals surface area contributed by atoms with Crippen LogP contribution in [0.4, 0.5) is 0 Å². The molecule has 2 heteroatoms. The van der Waals surface area contributed by atoms with Crippen LogP contribution < -0.4 is 4.74 Å². The molecule has 1 aromatic carbocycles. The molecule has 0 aliphatic heterocycles. The molecule has 0 saturated heterocycles. The largest absolute Gasteiger partial charge is 0.497 e. The van der Waals surface area contributed by atoms with E-state index < -0.39 is 0 Å². The molecule has 0 spiro atoms. The number of unbranched alkanes of at least 4 members (excludes halogenated alkanes) is 4. The summed E-state index contributed by atoms with van der Waals surface area (Å²) >= 11 is 0. The Kier molecular flexibility index (Phi) is 7.12. The third-order valence-electron chi connectivity index (χ3n) is 4.50. The quantitative estimate of drug-likeness (QED) is 0.550. The van der Waals surface area contributed by atoms with Crippen molar-refractivity contribution in [3.05, 3.63) is 59.4 Å². The van der Waals surface area contributed by atoms with E-state index in [1.54, 1.807) is 7.11 Å². The van der Waals surface area contributed by atoms with Crippen molar-refractivity contribution in [2.75, 3.05) is 7.11 Å². The lowest BCUT2D eigenvalue weighted by atomic mass is 9.94. The first kappa shape index (κ1) is 17.5. The van der Waals surface area contributed by atoms with Gasteiger partial charge in [0, 0.05) is 17.8 Å². The zero-order valence-corrected chi connectivity index (χ0v) is 14.7. The molecular formula is C21H29NO. The molecule has 1 aromatic heterocycles. The van der Waals surface area contributed by atoms with Crippen molar-refractivity contribution in [1.29, 1.82) is 0 Å². The molecule has 0 fully saturated rings. The first-order valence-electron chi connectivity index (χ1n) is 8.83. The molecule has 0 aliphatic carbocycles. The summed E-state index contributed by atoms with van der Waals surface area (Å²) in [6.45, 7) is 4.48. The number of nitrogens with zero attached hydrogens (tertiary/aromatic N) is 1. The highest BCUT2D eigenvalue weighted by Gasteiger charge is 2.09. The SMILES string of the molecule is CCCCCCCc1ccc(C(C)c2ccc(OC)cc2)cn1. The lowest BCUT2D eigenvalue weighted by Crippen LogP contribution is -1.99. The average Bonchev–Trinajstić information content (AvgIpc) is 2.61. The third-order valence-corrected chi connectivity index (χ3v) is 4.50. The molecular weight excluding hydrogens is 282 g/mol. The standard InChI is InChI=1S/C21H29NO/c1-4-5-6-7-8-9-20-13-10-19(16-22-20)17(2)18-11-14-21(23-3)15-12-18/h10-17H,4-9H2,1-3H3. The minimum atomic E-state index is 0.354. The highest BCUT2D eigenvalue weighted by molar-refractivity contribution is 5.34. The number of benzene rings is 1. The van der Waals surface area contributed by atoms with Gasteiger partial charge in [-0.25, -0.2) is 0 Å². The Labute approximate surface area is 140 Å². The Morgan fingerprint density at radius 2 is 1.61 bits per heavy atom. The predicted octanol–water partition coefficient (Wildman–Crippen LogP) is 5.75. The summed E-state index contributed by atoms with van der Waals surface area (Å²) in [5.74, 6) is 1.25. The average molecular weight is 311 g/mol. The summed E-state index contributed by atoms with van der Waals surface area (Å²) in [6, 6.07) is 12.7. The van der Waals surface area contributed by atoms with Gasteiger partial charge in [0.05, 0.1) is 7.11 Å². The minimum Gasteiger partial charge on any atom is -0.497 e. The van der Waals surface area contributed by atoms with E-state index in [9.17, 15) is 0 Å². The van der Waals surface area contributed by atoms with E-state index in [1.807, 2.05) is 18.3 Å². The number of aromatic nitrogens is 1. The Morgan fingerprint density at radius 1 is 0.913 bits per heavy atom. The topological polar surface area (TPSA) is 22.1 Å². The number of pyridine rings is 1. The molecule has 1 unspecified atom stereocenters. The molecule has 23 heavy (non-hydrogen) atoms. The van der Waals surface area contributed by atoms with Gasteiger partial charge in [0.15, 0.2) is 0 Å². The monoisotopic (exact) mass is 311 g/mol. The van der Waals surface area contributed by atoms with Crippen molar-refractivity contribution in [1.82, 2.24) is 4.98 Å². The van der Waals surface area contributed by atoms with E-state index in [1.165, 1.54) is 48.9 Å². The van der Waals surface area contributed by atoms with Crippen LogP contribution in [0.5, 0.6) is 5.75 Å². The molecule has 2 aromatic rings. The van der Waals surface area contributed by atoms with E-state index >= 15 is 0 Å². The van der Waals surface area contributed by atoms with Gasteiger partial charge >= 0.3 is 0 Å². The van der Waals surface area contributed by atoms with E-state index in [0.29, 0.717) is 5.92 Å². The molecule has 2 nitrogen and oxygen atoms in total. The van der Waals surface area contributed by atoms with Crippen LogP contribution in [0, 0.1) is 0 Å². The minimum absolute atomic E-state index is 0.354. The number of aryl methyl sites for hydroxylation is 1. The fourth-order valence-corrected chi connectivity index (χ4v) is 2.83. The summed E-state index contributed by atoms with van der Waals surface area (Å²) in [5, 5.41) is 0. The van der Waals surface area contributed by atoms with Gasteiger partial charge in [-0.3, -0.25) is 4.98 Å². The molecule has 2 rings (SSSR count). The number of hydrogen-bond donors (Lipinski definition) is 0. The fraction of sp³-hybridized carbons (Fsp3) is 0.476. The maximum atomic E-state index is 5.22. The molecule has 0 amide bonds.